The van der Waals surface area contributed by atoms with E-state index in [1.807, 2.05) is 0 Å². The molecule has 0 aromatic heterocycles. The number of anilines is 1. The van der Waals surface area contributed by atoms with E-state index in [1.165, 1.54) is 12.1 Å². The van der Waals surface area contributed by atoms with Crippen molar-refractivity contribution in [1.29, 1.82) is 0 Å². The van der Waals surface area contributed by atoms with Gasteiger partial charge in [-0.3, -0.25) is 20.2 Å². The van der Waals surface area contributed by atoms with Crippen molar-refractivity contribution in [3.63, 3.8) is 0 Å². The predicted octanol–water partition coefficient (Wildman–Crippen LogP) is 2.22. The normalized spacial score (nSPS) is 18.4. The summed E-state index contributed by atoms with van der Waals surface area (Å²) in [4.78, 5) is 48.1. The lowest BCUT2D eigenvalue weighted by molar-refractivity contribution is -0.384. The number of benzene rings is 1. The number of carbonyl (C=O) groups excluding carboxylic acids is 3. The Balaban J connectivity index is 1.88. The Morgan fingerprint density at radius 2 is 1.93 bits per heavy atom. The van der Waals surface area contributed by atoms with E-state index in [4.69, 9.17) is 4.74 Å². The van der Waals surface area contributed by atoms with Crippen molar-refractivity contribution in [2.24, 2.45) is 5.92 Å². The minimum absolute atomic E-state index is 0.00913. The molecule has 1 aliphatic carbocycles. The molecule has 0 unspecified atom stereocenters. The van der Waals surface area contributed by atoms with Crippen LogP contribution in [0.15, 0.2) is 18.2 Å². The number of carbonyl (C=O) groups is 3. The van der Waals surface area contributed by atoms with E-state index in [9.17, 15) is 24.5 Å². The molecule has 0 radical (unpaired) electrons. The van der Waals surface area contributed by atoms with Crippen molar-refractivity contribution in [2.75, 3.05) is 25.6 Å². The van der Waals surface area contributed by atoms with Crippen LogP contribution in [0.2, 0.25) is 0 Å². The molecule has 1 aliphatic rings. The zero-order chi connectivity index (χ0) is 21.6. The molecule has 2 atom stereocenters. The molecule has 10 nitrogen and oxygen atoms in total. The van der Waals surface area contributed by atoms with Gasteiger partial charge in [0.1, 0.15) is 5.69 Å². The third kappa shape index (κ3) is 6.16. The van der Waals surface area contributed by atoms with Crippen molar-refractivity contribution < 1.29 is 24.0 Å². The second kappa shape index (κ2) is 9.85. The summed E-state index contributed by atoms with van der Waals surface area (Å²) in [6, 6.07) is 3.27. The average Bonchev–Trinajstić information content (AvgIpc) is 2.67. The van der Waals surface area contributed by atoms with E-state index in [0.717, 1.165) is 31.7 Å². The predicted molar refractivity (Wildman–Crippen MR) is 106 cm³/mol. The van der Waals surface area contributed by atoms with E-state index < -0.39 is 29.4 Å². The minimum Gasteiger partial charge on any atom is -0.452 e. The van der Waals surface area contributed by atoms with Crippen LogP contribution < -0.4 is 15.5 Å². The van der Waals surface area contributed by atoms with Crippen molar-refractivity contribution in [3.05, 3.63) is 33.9 Å². The lowest BCUT2D eigenvalue weighted by atomic mass is 9.86. The standard InChI is InChI=1S/C19H26N4O6/c1-12-6-4-5-7-14(12)20-19(26)21-17(24)11-29-18(25)13-8-9-15(22(2)3)16(10-13)23(27)28/h8-10,12,14H,4-7,11H2,1-3H3,(H2,20,21,24,26)/t12-,14-/m1/s1. The highest BCUT2D eigenvalue weighted by Crippen LogP contribution is 2.28. The van der Waals surface area contributed by atoms with Crippen LogP contribution >= 0.6 is 0 Å². The van der Waals surface area contributed by atoms with Crippen molar-refractivity contribution >= 4 is 29.3 Å². The summed E-state index contributed by atoms with van der Waals surface area (Å²) in [6.45, 7) is 1.38. The van der Waals surface area contributed by atoms with Crippen LogP contribution in [0.3, 0.4) is 0 Å². The molecular formula is C19H26N4O6. The summed E-state index contributed by atoms with van der Waals surface area (Å²) in [6.07, 6.45) is 4.04. The van der Waals surface area contributed by atoms with E-state index >= 15 is 0 Å². The van der Waals surface area contributed by atoms with Crippen LogP contribution in [0.25, 0.3) is 0 Å². The third-order valence-corrected chi connectivity index (χ3v) is 4.90. The summed E-state index contributed by atoms with van der Waals surface area (Å²) < 4.78 is 4.87. The number of nitro benzene ring substituents is 1. The van der Waals surface area contributed by atoms with Gasteiger partial charge in [-0.25, -0.2) is 9.59 Å². The van der Waals surface area contributed by atoms with Crippen LogP contribution in [-0.4, -0.2) is 49.6 Å². The zero-order valence-electron chi connectivity index (χ0n) is 16.8. The summed E-state index contributed by atoms with van der Waals surface area (Å²) in [5.41, 5.74) is 0.0170. The molecule has 0 spiro atoms. The maximum atomic E-state index is 12.1. The first-order valence-corrected chi connectivity index (χ1v) is 9.42. The Kier molecular flexibility index (Phi) is 7.52. The summed E-state index contributed by atoms with van der Waals surface area (Å²) >= 11 is 0. The van der Waals surface area contributed by atoms with E-state index in [-0.39, 0.29) is 17.3 Å². The molecule has 2 rings (SSSR count). The molecule has 3 amide bonds. The molecule has 29 heavy (non-hydrogen) atoms. The molecule has 2 N–H and O–H groups in total. The van der Waals surface area contributed by atoms with E-state index in [1.54, 1.807) is 19.0 Å². The van der Waals surface area contributed by atoms with Gasteiger partial charge in [-0.1, -0.05) is 19.8 Å². The first-order chi connectivity index (χ1) is 13.7. The Morgan fingerprint density at radius 3 is 2.55 bits per heavy atom. The second-order valence-electron chi connectivity index (χ2n) is 7.32. The molecule has 158 valence electrons. The quantitative estimate of drug-likeness (QED) is 0.421. The van der Waals surface area contributed by atoms with Gasteiger partial charge in [0.25, 0.3) is 11.6 Å². The molecule has 0 aliphatic heterocycles. The summed E-state index contributed by atoms with van der Waals surface area (Å²) in [7, 11) is 3.29. The topological polar surface area (TPSA) is 131 Å². The SMILES string of the molecule is C[C@@H]1CCCC[C@H]1NC(=O)NC(=O)COC(=O)c1ccc(N(C)C)c([N+](=O)[O-])c1. The van der Waals surface area contributed by atoms with Gasteiger partial charge in [-0.2, -0.15) is 0 Å². The monoisotopic (exact) mass is 406 g/mol. The Labute approximate surface area is 168 Å². The van der Waals surface area contributed by atoms with Crippen LogP contribution in [0.1, 0.15) is 43.0 Å². The number of nitrogens with zero attached hydrogens (tertiary/aromatic N) is 2. The highest BCUT2D eigenvalue weighted by atomic mass is 16.6. The Morgan fingerprint density at radius 1 is 1.24 bits per heavy atom. The van der Waals surface area contributed by atoms with Crippen LogP contribution in [0, 0.1) is 16.0 Å². The Bertz CT molecular complexity index is 795. The first-order valence-electron chi connectivity index (χ1n) is 9.42. The zero-order valence-corrected chi connectivity index (χ0v) is 16.8. The molecule has 0 heterocycles. The smallest absolute Gasteiger partial charge is 0.338 e. The fourth-order valence-electron chi connectivity index (χ4n) is 3.29. The summed E-state index contributed by atoms with van der Waals surface area (Å²) in [5.74, 6) is -1.34. The highest BCUT2D eigenvalue weighted by Gasteiger charge is 2.24. The third-order valence-electron chi connectivity index (χ3n) is 4.90. The number of rotatable bonds is 6. The molecule has 1 aromatic carbocycles. The highest BCUT2D eigenvalue weighted by molar-refractivity contribution is 5.97. The molecule has 1 aromatic rings. The van der Waals surface area contributed by atoms with E-state index in [0.29, 0.717) is 11.6 Å². The lowest BCUT2D eigenvalue weighted by Crippen LogP contribution is -2.48. The van der Waals surface area contributed by atoms with Crippen molar-refractivity contribution in [1.82, 2.24) is 10.6 Å². The van der Waals surface area contributed by atoms with E-state index in [2.05, 4.69) is 17.6 Å². The molecule has 1 fully saturated rings. The number of imide groups is 1. The van der Waals surface area contributed by atoms with Crippen LogP contribution in [0.5, 0.6) is 0 Å². The van der Waals surface area contributed by atoms with Gasteiger partial charge < -0.3 is 15.0 Å². The molecule has 0 bridgehead atoms. The maximum Gasteiger partial charge on any atom is 0.338 e. The fourth-order valence-corrected chi connectivity index (χ4v) is 3.29. The minimum atomic E-state index is -0.894. The number of nitrogens with one attached hydrogen (secondary N) is 2. The van der Waals surface area contributed by atoms with Crippen molar-refractivity contribution in [2.45, 2.75) is 38.6 Å². The maximum absolute atomic E-state index is 12.1. The van der Waals surface area contributed by atoms with Crippen molar-refractivity contribution in [3.8, 4) is 0 Å². The van der Waals surface area contributed by atoms with Gasteiger partial charge in [0.15, 0.2) is 6.61 Å². The lowest BCUT2D eigenvalue weighted by Gasteiger charge is -2.29. The molecule has 0 saturated heterocycles. The van der Waals surface area contributed by atoms with Gasteiger partial charge in [0.05, 0.1) is 10.5 Å². The number of esters is 1. The summed E-state index contributed by atoms with van der Waals surface area (Å²) in [5, 5.41) is 16.1. The number of hydrogen-bond acceptors (Lipinski definition) is 7. The fraction of sp³-hybridized carbons (Fsp3) is 0.526. The number of ether oxygens (including phenoxy) is 1. The van der Waals surface area contributed by atoms with Gasteiger partial charge in [-0.15, -0.1) is 0 Å². The van der Waals surface area contributed by atoms with Crippen LogP contribution in [-0.2, 0) is 9.53 Å². The second-order valence-corrected chi connectivity index (χ2v) is 7.32. The molecule has 10 heteroatoms. The molecule has 1 saturated carbocycles. The van der Waals surface area contributed by atoms with Gasteiger partial charge in [-0.05, 0) is 30.9 Å². The Hall–Kier alpha value is -3.17. The first kappa shape index (κ1) is 22.1. The number of hydrogen-bond donors (Lipinski definition) is 2. The number of urea groups is 1. The molecular weight excluding hydrogens is 380 g/mol. The van der Waals surface area contributed by atoms with Gasteiger partial charge >= 0.3 is 12.0 Å². The largest absolute Gasteiger partial charge is 0.452 e. The van der Waals surface area contributed by atoms with Crippen LogP contribution in [0.4, 0.5) is 16.2 Å². The average molecular weight is 406 g/mol. The number of nitro groups is 1. The van der Waals surface area contributed by atoms with Gasteiger partial charge in [0, 0.05) is 26.2 Å². The number of amides is 3. The van der Waals surface area contributed by atoms with Gasteiger partial charge in [0.2, 0.25) is 0 Å².